The molecule has 0 saturated carbocycles. The highest BCUT2D eigenvalue weighted by Crippen LogP contribution is 2.44. The average Bonchev–Trinajstić information content (AvgIpc) is 1.25. The molecule has 0 aliphatic carbocycles. The van der Waals surface area contributed by atoms with Gasteiger partial charge in [-0.1, -0.05) is 72.1 Å². The van der Waals surface area contributed by atoms with Crippen molar-refractivity contribution in [1.82, 2.24) is 0 Å². The lowest BCUT2D eigenvalue weighted by Gasteiger charge is -2.51. The summed E-state index contributed by atoms with van der Waals surface area (Å²) in [5.41, 5.74) is 0. The molecule has 36 heteroatoms. The summed E-state index contributed by atoms with van der Waals surface area (Å²) < 4.78 is 105. The molecule has 8 aliphatic rings. The van der Waals surface area contributed by atoms with Gasteiger partial charge >= 0.3 is 17.9 Å². The predicted molar refractivity (Wildman–Crippen MR) is 347 cm³/mol. The highest BCUT2D eigenvalue weighted by atomic mass is 16.8. The fourth-order valence-electron chi connectivity index (χ4n) is 14.3. The minimum absolute atomic E-state index is 0.116. The van der Waals surface area contributed by atoms with E-state index in [0.717, 1.165) is 19.3 Å². The molecule has 16 N–H and O–H groups in total. The number of aliphatic hydroxyl groups excluding tert-OH is 16. The lowest BCUT2D eigenvalue weighted by Crippen LogP contribution is -2.69. The highest BCUT2D eigenvalue weighted by molar-refractivity contribution is 5.71. The molecule has 8 saturated heterocycles. The van der Waals surface area contributed by atoms with Gasteiger partial charge in [-0.25, -0.2) is 0 Å². The summed E-state index contributed by atoms with van der Waals surface area (Å²) in [5, 5.41) is 180. The first-order chi connectivity index (χ1) is 49.4. The Hall–Kier alpha value is -2.79. The van der Waals surface area contributed by atoms with E-state index in [1.807, 2.05) is 13.8 Å². The number of hydrogen-bond acceptors (Lipinski definition) is 36. The van der Waals surface area contributed by atoms with Crippen LogP contribution in [0.4, 0.5) is 0 Å². The molecule has 1 unspecified atom stereocenters. The maximum Gasteiger partial charge on any atom is 0.308 e. The van der Waals surface area contributed by atoms with E-state index in [9.17, 15) is 96.1 Å². The van der Waals surface area contributed by atoms with Gasteiger partial charge < -0.3 is 162 Å². The van der Waals surface area contributed by atoms with Gasteiger partial charge in [0.25, 0.3) is 0 Å². The minimum Gasteiger partial charge on any atom is -0.469 e. The summed E-state index contributed by atoms with van der Waals surface area (Å²) in [5.74, 6) is -3.80. The van der Waals surface area contributed by atoms with E-state index >= 15 is 0 Å². The van der Waals surface area contributed by atoms with E-state index in [1.54, 1.807) is 13.8 Å². The van der Waals surface area contributed by atoms with Gasteiger partial charge in [0.05, 0.1) is 83.0 Å². The van der Waals surface area contributed by atoms with Gasteiger partial charge in [-0.3, -0.25) is 14.4 Å². The van der Waals surface area contributed by atoms with Crippen LogP contribution in [-0.4, -0.2) is 348 Å². The SMILES string of the molecule is CCCC[C@@H](CCCCCCCC[C@H](O)CC(=O)OC)O[C@@H]1O[C@H](CO[C@@H]2O[C@@H](C)[C@H](O)[C@@H](O)[C@H]2O)[C@@H](O)[C@H](O)[C@H]1O[C@@H]1O[C@H](CO)[C@@H](O)[C@H](O[C@@H]2O[C@H](CO)[C@@H](O)[C@H](O)[C@H]2OC(=O)CC(C)C)[C@H]1O[C@@H]1O[C@@H](C)[C@H](O)[C@@H](O[C@@H]2O[C@H](CO)[C@@H](O)[C@H](O)[C@H]2O)[C@H]1OC(=O)C[C@@H]1CCC2(CC[C@@H](C)O2)O1. The predicted octanol–water partition coefficient (Wildman–Crippen LogP) is -3.81. The van der Waals surface area contributed by atoms with Crippen LogP contribution in [0.5, 0.6) is 0 Å². The van der Waals surface area contributed by atoms with Crippen molar-refractivity contribution in [2.75, 3.05) is 33.5 Å². The maximum atomic E-state index is 14.6. The second kappa shape index (κ2) is 40.4. The van der Waals surface area contributed by atoms with Crippen LogP contribution in [0.1, 0.15) is 157 Å². The summed E-state index contributed by atoms with van der Waals surface area (Å²) in [4.78, 5) is 39.8. The third-order valence-corrected chi connectivity index (χ3v) is 20.5. The zero-order chi connectivity index (χ0) is 76.0. The van der Waals surface area contributed by atoms with Crippen LogP contribution in [0.2, 0.25) is 0 Å². The van der Waals surface area contributed by atoms with Crippen LogP contribution in [0, 0.1) is 5.92 Å². The monoisotopic (exact) mass is 1510 g/mol. The van der Waals surface area contributed by atoms with Crippen molar-refractivity contribution in [2.45, 2.75) is 372 Å². The summed E-state index contributed by atoms with van der Waals surface area (Å²) in [6.07, 6.45) is -51.5. The number of carbonyl (C=O) groups is 3. The molecule has 0 aromatic rings. The molecule has 104 heavy (non-hydrogen) atoms. The van der Waals surface area contributed by atoms with Gasteiger partial charge in [-0.05, 0) is 58.8 Å². The summed E-state index contributed by atoms with van der Waals surface area (Å²) in [7, 11) is 1.25. The number of unbranched alkanes of at least 4 members (excludes halogenated alkanes) is 6. The number of rotatable bonds is 36. The van der Waals surface area contributed by atoms with Crippen LogP contribution >= 0.6 is 0 Å². The Morgan fingerprint density at radius 2 is 0.942 bits per heavy atom. The summed E-state index contributed by atoms with van der Waals surface area (Å²) in [6.45, 7) is 6.26. The zero-order valence-electron chi connectivity index (χ0n) is 60.1. The van der Waals surface area contributed by atoms with Crippen molar-refractivity contribution in [2.24, 2.45) is 5.92 Å². The van der Waals surface area contributed by atoms with Crippen molar-refractivity contribution in [1.29, 1.82) is 0 Å². The van der Waals surface area contributed by atoms with Crippen molar-refractivity contribution < 1.29 is 177 Å². The molecule has 604 valence electrons. The van der Waals surface area contributed by atoms with E-state index in [1.165, 1.54) is 21.0 Å². The number of aliphatic hydroxyl groups is 16. The molecule has 8 rings (SSSR count). The fraction of sp³-hybridized carbons (Fsp3) is 0.956. The van der Waals surface area contributed by atoms with Crippen molar-refractivity contribution in [3.05, 3.63) is 0 Å². The third kappa shape index (κ3) is 22.3. The van der Waals surface area contributed by atoms with Gasteiger partial charge in [0, 0.05) is 19.3 Å². The summed E-state index contributed by atoms with van der Waals surface area (Å²) in [6, 6.07) is 0. The van der Waals surface area contributed by atoms with Crippen molar-refractivity contribution >= 4 is 17.9 Å². The number of esters is 3. The molecule has 8 fully saturated rings. The first-order valence-corrected chi connectivity index (χ1v) is 36.8. The smallest absolute Gasteiger partial charge is 0.308 e. The first-order valence-electron chi connectivity index (χ1n) is 36.8. The number of carbonyl (C=O) groups excluding carboxylic acids is 3. The lowest BCUT2D eigenvalue weighted by atomic mass is 9.95. The molecular formula is C68H116O36. The quantitative estimate of drug-likeness (QED) is 0.0162. The van der Waals surface area contributed by atoms with Gasteiger partial charge in [0.2, 0.25) is 0 Å². The molecule has 35 atom stereocenters. The van der Waals surface area contributed by atoms with E-state index in [-0.39, 0.29) is 24.9 Å². The standard InChI is InChI=1S/C68H116O36/c1-8-9-17-35(18-15-13-11-10-12-14-16-34(72)24-41(73)88-7)92-64-59(53(85)48(80)40(96-64)29-89-62-54(86)50(82)44(76)32(5)90-62)101-67-61(57(49(81)39(28-71)95-67)100-65-58(97-42(74)23-30(2)3)52(84)47(79)38(27-70)94-65)102-66-60(98-43(75)25-36-20-22-68(104-36)21-19-31(4)103-68)56(45(77)33(6)91-66)99-63-55(87)51(83)46(78)37(26-69)93-63/h30-40,44-67,69-72,76-87H,8-29H2,1-7H3/t31-,32+,33+,34+,35+,36+,37-,38-,39-,40-,44+,45+,46-,47-,48-,49-,50-,51+,52+,53+,54-,55-,56-,57+,58-,59-,60-,61-,62-,63+,64-,65+,66+,67+,68?/m1/s1. The van der Waals surface area contributed by atoms with Crippen LogP contribution in [-0.2, 0) is 94.9 Å². The molecule has 8 heterocycles. The van der Waals surface area contributed by atoms with Gasteiger partial charge in [-0.15, -0.1) is 0 Å². The zero-order valence-corrected chi connectivity index (χ0v) is 60.1. The second-order valence-corrected chi connectivity index (χ2v) is 29.2. The van der Waals surface area contributed by atoms with Crippen molar-refractivity contribution in [3.8, 4) is 0 Å². The molecule has 0 amide bonds. The van der Waals surface area contributed by atoms with Crippen LogP contribution < -0.4 is 0 Å². The fourth-order valence-corrected chi connectivity index (χ4v) is 14.3. The van der Waals surface area contributed by atoms with Crippen LogP contribution in [0.25, 0.3) is 0 Å². The minimum atomic E-state index is -2.22. The molecule has 0 aromatic heterocycles. The Morgan fingerprint density at radius 3 is 1.58 bits per heavy atom. The second-order valence-electron chi connectivity index (χ2n) is 29.2. The Bertz CT molecular complexity index is 2560. The van der Waals surface area contributed by atoms with E-state index in [2.05, 4.69) is 4.74 Å². The Balaban J connectivity index is 1.18. The normalized spacial score (nSPS) is 43.4. The number of hydrogen-bond donors (Lipinski definition) is 16. The molecule has 0 aromatic carbocycles. The molecule has 1 spiro atoms. The average molecular weight is 1510 g/mol. The molecule has 0 bridgehead atoms. The topological polar surface area (TPSA) is 532 Å². The molecule has 0 radical (unpaired) electrons. The van der Waals surface area contributed by atoms with E-state index in [0.29, 0.717) is 77.0 Å². The Kier molecular flexibility index (Phi) is 33.7. The van der Waals surface area contributed by atoms with Crippen LogP contribution in [0.3, 0.4) is 0 Å². The Labute approximate surface area is 603 Å². The molecular weight excluding hydrogens is 1390 g/mol. The molecule has 36 nitrogen and oxygen atoms in total. The Morgan fingerprint density at radius 1 is 0.452 bits per heavy atom. The van der Waals surface area contributed by atoms with Gasteiger partial charge in [-0.2, -0.15) is 0 Å². The van der Waals surface area contributed by atoms with Gasteiger partial charge in [0.1, 0.15) is 122 Å². The highest BCUT2D eigenvalue weighted by Gasteiger charge is 2.60. The number of methoxy groups -OCH3 is 1. The maximum absolute atomic E-state index is 14.6. The van der Waals surface area contributed by atoms with Gasteiger partial charge in [0.15, 0.2) is 55.7 Å². The van der Waals surface area contributed by atoms with Crippen molar-refractivity contribution in [3.63, 3.8) is 0 Å². The largest absolute Gasteiger partial charge is 0.469 e. The first kappa shape index (κ1) is 86.8. The number of ether oxygens (including phenoxy) is 17. The van der Waals surface area contributed by atoms with Crippen LogP contribution in [0.15, 0.2) is 0 Å². The van der Waals surface area contributed by atoms with E-state index < -0.39 is 259 Å². The lowest BCUT2D eigenvalue weighted by molar-refractivity contribution is -0.414. The third-order valence-electron chi connectivity index (χ3n) is 20.5. The van der Waals surface area contributed by atoms with E-state index in [4.69, 9.17) is 75.8 Å². The summed E-state index contributed by atoms with van der Waals surface area (Å²) >= 11 is 0. The molecule has 8 aliphatic heterocycles.